The number of rotatable bonds is 4. The van der Waals surface area contributed by atoms with Gasteiger partial charge in [0.05, 0.1) is 11.9 Å². The maximum absolute atomic E-state index is 13.8. The van der Waals surface area contributed by atoms with Gasteiger partial charge in [-0.15, -0.1) is 11.3 Å². The number of halogens is 2. The Morgan fingerprint density at radius 2 is 1.93 bits per heavy atom. The lowest BCUT2D eigenvalue weighted by Gasteiger charge is -2.03. The topological polar surface area (TPSA) is 68.0 Å². The highest BCUT2D eigenvalue weighted by Gasteiger charge is 2.13. The summed E-state index contributed by atoms with van der Waals surface area (Å²) < 4.78 is 32.4. The van der Waals surface area contributed by atoms with Gasteiger partial charge in [0.2, 0.25) is 0 Å². The van der Waals surface area contributed by atoms with E-state index in [1.165, 1.54) is 6.39 Å². The van der Waals surface area contributed by atoms with Crippen molar-refractivity contribution in [3.8, 4) is 22.6 Å². The van der Waals surface area contributed by atoms with Gasteiger partial charge in [-0.3, -0.25) is 10.1 Å². The molecule has 0 atom stereocenters. The molecule has 0 unspecified atom stereocenters. The molecule has 0 spiro atoms. The smallest absolute Gasteiger partial charge is 0.257 e. The molecular formula is C19H11F2N3O2S. The summed E-state index contributed by atoms with van der Waals surface area (Å²) in [6, 6.07) is 9.92. The average molecular weight is 383 g/mol. The van der Waals surface area contributed by atoms with Crippen molar-refractivity contribution < 1.29 is 18.0 Å². The van der Waals surface area contributed by atoms with Crippen molar-refractivity contribution in [2.24, 2.45) is 0 Å². The predicted octanol–water partition coefficient (Wildman–Crippen LogP) is 5.00. The average Bonchev–Trinajstić information content (AvgIpc) is 3.36. The van der Waals surface area contributed by atoms with Crippen molar-refractivity contribution in [2.45, 2.75) is 0 Å². The summed E-state index contributed by atoms with van der Waals surface area (Å²) in [7, 11) is 0. The van der Waals surface area contributed by atoms with E-state index in [1.807, 2.05) is 0 Å². The number of hydrogen-bond donors (Lipinski definition) is 1. The minimum absolute atomic E-state index is 0.0446. The number of nitrogens with zero attached hydrogens (tertiary/aromatic N) is 2. The first-order chi connectivity index (χ1) is 13.1. The van der Waals surface area contributed by atoms with Crippen LogP contribution in [0.2, 0.25) is 0 Å². The Hall–Kier alpha value is -3.39. The van der Waals surface area contributed by atoms with E-state index in [-0.39, 0.29) is 22.3 Å². The largest absolute Gasteiger partial charge is 0.444 e. The number of benzene rings is 2. The van der Waals surface area contributed by atoms with Crippen LogP contribution in [-0.2, 0) is 0 Å². The van der Waals surface area contributed by atoms with Gasteiger partial charge < -0.3 is 4.42 Å². The van der Waals surface area contributed by atoms with Gasteiger partial charge in [0.15, 0.2) is 17.3 Å². The van der Waals surface area contributed by atoms with Crippen molar-refractivity contribution in [3.05, 3.63) is 77.6 Å². The van der Waals surface area contributed by atoms with Crippen LogP contribution in [0.1, 0.15) is 10.4 Å². The summed E-state index contributed by atoms with van der Waals surface area (Å²) in [5, 5.41) is 4.50. The van der Waals surface area contributed by atoms with Gasteiger partial charge in [0.1, 0.15) is 11.6 Å². The molecule has 4 rings (SSSR count). The van der Waals surface area contributed by atoms with Crippen LogP contribution in [0.4, 0.5) is 13.9 Å². The zero-order valence-corrected chi connectivity index (χ0v) is 14.5. The van der Waals surface area contributed by atoms with Gasteiger partial charge in [0.25, 0.3) is 5.91 Å². The highest BCUT2D eigenvalue weighted by molar-refractivity contribution is 7.14. The third-order valence-electron chi connectivity index (χ3n) is 3.79. The van der Waals surface area contributed by atoms with Crippen molar-refractivity contribution in [3.63, 3.8) is 0 Å². The van der Waals surface area contributed by atoms with E-state index in [0.29, 0.717) is 11.3 Å². The highest BCUT2D eigenvalue weighted by Crippen LogP contribution is 2.28. The van der Waals surface area contributed by atoms with Gasteiger partial charge in [0, 0.05) is 22.1 Å². The molecule has 0 bridgehead atoms. The molecule has 1 N–H and O–H groups in total. The highest BCUT2D eigenvalue weighted by atomic mass is 32.1. The van der Waals surface area contributed by atoms with E-state index >= 15 is 0 Å². The van der Waals surface area contributed by atoms with Crippen LogP contribution < -0.4 is 5.32 Å². The van der Waals surface area contributed by atoms with Crippen molar-refractivity contribution in [2.75, 3.05) is 5.32 Å². The maximum Gasteiger partial charge on any atom is 0.257 e. The lowest BCUT2D eigenvalue weighted by atomic mass is 10.1. The molecule has 0 aliphatic carbocycles. The lowest BCUT2D eigenvalue weighted by molar-refractivity contribution is 0.102. The molecule has 2 aromatic heterocycles. The Morgan fingerprint density at radius 1 is 1.11 bits per heavy atom. The van der Waals surface area contributed by atoms with E-state index in [9.17, 15) is 13.6 Å². The molecule has 4 aromatic rings. The molecule has 0 aliphatic heterocycles. The molecule has 2 aromatic carbocycles. The van der Waals surface area contributed by atoms with Gasteiger partial charge in [-0.05, 0) is 30.3 Å². The molecule has 0 aliphatic rings. The Labute approximate surface area is 156 Å². The van der Waals surface area contributed by atoms with Crippen LogP contribution in [0, 0.1) is 11.6 Å². The number of aromatic nitrogens is 2. The zero-order valence-electron chi connectivity index (χ0n) is 13.6. The monoisotopic (exact) mass is 383 g/mol. The van der Waals surface area contributed by atoms with E-state index in [1.54, 1.807) is 35.8 Å². The Kier molecular flexibility index (Phi) is 4.47. The minimum atomic E-state index is -0.581. The van der Waals surface area contributed by atoms with E-state index in [4.69, 9.17) is 4.42 Å². The van der Waals surface area contributed by atoms with Gasteiger partial charge in [-0.1, -0.05) is 12.1 Å². The van der Waals surface area contributed by atoms with Gasteiger partial charge in [-0.25, -0.2) is 18.7 Å². The molecule has 27 heavy (non-hydrogen) atoms. The number of nitrogens with one attached hydrogen (secondary N) is 1. The quantitative estimate of drug-likeness (QED) is 0.539. The number of thiazole rings is 1. The van der Waals surface area contributed by atoms with Crippen LogP contribution in [0.5, 0.6) is 0 Å². The van der Waals surface area contributed by atoms with Crippen molar-refractivity contribution in [1.82, 2.24) is 9.97 Å². The second-order valence-electron chi connectivity index (χ2n) is 5.56. The van der Waals surface area contributed by atoms with Crippen molar-refractivity contribution >= 4 is 22.4 Å². The number of carbonyl (C=O) groups is 1. The van der Waals surface area contributed by atoms with Crippen LogP contribution in [0.3, 0.4) is 0 Å². The first-order valence-electron chi connectivity index (χ1n) is 7.81. The summed E-state index contributed by atoms with van der Waals surface area (Å²) in [6.45, 7) is 0. The lowest BCUT2D eigenvalue weighted by Crippen LogP contribution is -2.11. The molecule has 0 fully saturated rings. The van der Waals surface area contributed by atoms with Crippen LogP contribution >= 0.6 is 11.3 Å². The summed E-state index contributed by atoms with van der Waals surface area (Å²) in [5.74, 6) is -0.900. The fraction of sp³-hybridized carbons (Fsp3) is 0. The summed E-state index contributed by atoms with van der Waals surface area (Å²) in [4.78, 5) is 20.4. The Bertz CT molecular complexity index is 1090. The SMILES string of the molecule is O=C(Nc1nc(-c2cc(F)ccc2F)cs1)c1ccc(-c2cnco2)cc1. The minimum Gasteiger partial charge on any atom is -0.444 e. The molecule has 1 amide bonds. The third-order valence-corrected chi connectivity index (χ3v) is 4.55. The number of carbonyl (C=O) groups excluding carboxylic acids is 1. The van der Waals surface area contributed by atoms with Gasteiger partial charge >= 0.3 is 0 Å². The number of oxazole rings is 1. The number of hydrogen-bond acceptors (Lipinski definition) is 5. The number of anilines is 1. The molecule has 0 saturated carbocycles. The summed E-state index contributed by atoms with van der Waals surface area (Å²) in [5.41, 5.74) is 1.52. The first-order valence-corrected chi connectivity index (χ1v) is 8.69. The number of amides is 1. The normalized spacial score (nSPS) is 10.7. The van der Waals surface area contributed by atoms with Crippen LogP contribution in [0.15, 0.2) is 64.9 Å². The molecule has 0 radical (unpaired) electrons. The fourth-order valence-corrected chi connectivity index (χ4v) is 3.17. The van der Waals surface area contributed by atoms with E-state index < -0.39 is 11.6 Å². The van der Waals surface area contributed by atoms with Crippen LogP contribution in [-0.4, -0.2) is 15.9 Å². The fourth-order valence-electron chi connectivity index (χ4n) is 2.46. The zero-order chi connectivity index (χ0) is 18.8. The third kappa shape index (κ3) is 3.61. The summed E-state index contributed by atoms with van der Waals surface area (Å²) in [6.07, 6.45) is 2.91. The Balaban J connectivity index is 1.50. The first kappa shape index (κ1) is 17.0. The second-order valence-corrected chi connectivity index (χ2v) is 6.42. The maximum atomic E-state index is 13.8. The molecule has 8 heteroatoms. The van der Waals surface area contributed by atoms with E-state index in [2.05, 4.69) is 15.3 Å². The molecule has 2 heterocycles. The summed E-state index contributed by atoms with van der Waals surface area (Å²) >= 11 is 1.13. The van der Waals surface area contributed by atoms with E-state index in [0.717, 1.165) is 35.1 Å². The molecule has 0 saturated heterocycles. The molecular weight excluding hydrogens is 372 g/mol. The second kappa shape index (κ2) is 7.08. The molecule has 134 valence electrons. The van der Waals surface area contributed by atoms with Crippen molar-refractivity contribution in [1.29, 1.82) is 0 Å². The Morgan fingerprint density at radius 3 is 2.67 bits per heavy atom. The van der Waals surface area contributed by atoms with Gasteiger partial charge in [-0.2, -0.15) is 0 Å². The molecule has 5 nitrogen and oxygen atoms in total. The van der Waals surface area contributed by atoms with Crippen LogP contribution in [0.25, 0.3) is 22.6 Å². The predicted molar refractivity (Wildman–Crippen MR) is 97.4 cm³/mol. The standard InChI is InChI=1S/C19H11F2N3O2S/c20-13-5-6-15(21)14(7-13)16-9-27-19(23-16)24-18(25)12-3-1-11(2-4-12)17-8-22-10-26-17/h1-10H,(H,23,24,25).